The first-order chi connectivity index (χ1) is 31.7. The molecule has 8 aromatic carbocycles. The summed E-state index contributed by atoms with van der Waals surface area (Å²) in [5.41, 5.74) is 25.0. The van der Waals surface area contributed by atoms with Crippen molar-refractivity contribution in [3.05, 3.63) is 203 Å². The molecule has 11 aromatic rings. The van der Waals surface area contributed by atoms with E-state index in [0.29, 0.717) is 0 Å². The Morgan fingerprint density at radius 2 is 0.769 bits per heavy atom. The average Bonchev–Trinajstić information content (AvgIpc) is 3.31. The molecule has 0 N–H and O–H groups in total. The zero-order valence-electron chi connectivity index (χ0n) is 37.8. The Morgan fingerprint density at radius 1 is 0.385 bits per heavy atom. The van der Waals surface area contributed by atoms with Crippen molar-refractivity contribution in [2.75, 3.05) is 0 Å². The summed E-state index contributed by atoms with van der Waals surface area (Å²) in [6.45, 7) is 13.8. The predicted molar refractivity (Wildman–Crippen MR) is 277 cm³/mol. The highest BCUT2D eigenvalue weighted by Gasteiger charge is 2.34. The molecule has 3 heterocycles. The number of para-hydroxylation sites is 3. The van der Waals surface area contributed by atoms with Gasteiger partial charge in [0.2, 0.25) is 6.71 Å². The minimum Gasteiger partial charge on any atom is -0.256 e. The summed E-state index contributed by atoms with van der Waals surface area (Å²) in [7, 11) is 0. The quantitative estimate of drug-likeness (QED) is 0.124. The third-order valence-electron chi connectivity index (χ3n) is 14.3. The molecule has 0 amide bonds. The first-order valence-electron chi connectivity index (χ1n) is 23.0. The van der Waals surface area contributed by atoms with Crippen molar-refractivity contribution >= 4 is 77.4 Å². The monoisotopic (exact) mass is 833 g/mol. The number of rotatable bonds is 6. The van der Waals surface area contributed by atoms with Crippen LogP contribution in [0.1, 0.15) is 44.5 Å². The van der Waals surface area contributed by atoms with Crippen LogP contribution < -0.4 is 16.4 Å². The van der Waals surface area contributed by atoms with E-state index in [0.717, 1.165) is 62.2 Å². The van der Waals surface area contributed by atoms with Crippen molar-refractivity contribution in [3.63, 3.8) is 0 Å². The molecule has 3 aromatic heterocycles. The number of nitrogens with zero attached hydrogens (tertiary/aromatic N) is 3. The third-order valence-corrected chi connectivity index (χ3v) is 14.3. The second-order valence-corrected chi connectivity index (χ2v) is 18.7. The molecular formula is C61H48BN3. The Bertz CT molecular complexity index is 3700. The Hall–Kier alpha value is -7.43. The summed E-state index contributed by atoms with van der Waals surface area (Å²) >= 11 is 0. The van der Waals surface area contributed by atoms with E-state index in [2.05, 4.69) is 200 Å². The standard InChI is InChI=1S/C61H48BN3/c1-35-23-37(3)60(38(4)24-35)62(61-39(5)25-36(2)26-40(61)6)54-31-53(46-29-43-15-9-12-18-57(43)65-34-46)49-20-19-47-51(44-27-41-13-7-10-16-55(41)63-32-44)30-52(48-21-22-50(54)59(49)58(47)48)45-28-42-14-8-11-17-56(42)64-33-45/h7-20,23-34H,21-22H2,1-6H3. The molecule has 12 rings (SSSR count). The maximum Gasteiger partial charge on any atom is 0.242 e. The molecule has 310 valence electrons. The highest BCUT2D eigenvalue weighted by Crippen LogP contribution is 2.47. The van der Waals surface area contributed by atoms with Crippen molar-refractivity contribution in [1.82, 2.24) is 15.0 Å². The SMILES string of the molecule is Cc1cc(C)c(B(c2cc(-c3cnc4ccccc4c3)c3ccc4c(-c5cnc6ccccc6c5)cc(-c5cnc6ccccc6c5)c5c4c3c2CC5)c2c(C)cc(C)cc2C)c(C)c1. The molecule has 3 nitrogen and oxygen atoms in total. The van der Waals surface area contributed by atoms with Crippen LogP contribution >= 0.6 is 0 Å². The van der Waals surface area contributed by atoms with Gasteiger partial charge >= 0.3 is 0 Å². The Morgan fingerprint density at radius 3 is 1.23 bits per heavy atom. The van der Waals surface area contributed by atoms with Crippen LogP contribution in [-0.2, 0) is 12.8 Å². The first-order valence-corrected chi connectivity index (χ1v) is 23.0. The smallest absolute Gasteiger partial charge is 0.242 e. The number of aryl methyl sites for hydroxylation is 8. The summed E-state index contributed by atoms with van der Waals surface area (Å²) in [5.74, 6) is 0. The fourth-order valence-corrected chi connectivity index (χ4v) is 11.8. The molecule has 0 unspecified atom stereocenters. The van der Waals surface area contributed by atoms with E-state index in [-0.39, 0.29) is 6.71 Å². The molecule has 0 bridgehead atoms. The summed E-state index contributed by atoms with van der Waals surface area (Å²) in [6, 6.07) is 51.7. The van der Waals surface area contributed by atoms with E-state index in [9.17, 15) is 0 Å². The van der Waals surface area contributed by atoms with Gasteiger partial charge in [0.25, 0.3) is 0 Å². The second-order valence-electron chi connectivity index (χ2n) is 18.7. The van der Waals surface area contributed by atoms with Gasteiger partial charge in [0.15, 0.2) is 0 Å². The van der Waals surface area contributed by atoms with Crippen LogP contribution in [0.2, 0.25) is 0 Å². The summed E-state index contributed by atoms with van der Waals surface area (Å²) in [5, 5.41) is 8.62. The van der Waals surface area contributed by atoms with Gasteiger partial charge in [-0.05, 0) is 146 Å². The van der Waals surface area contributed by atoms with E-state index >= 15 is 0 Å². The van der Waals surface area contributed by atoms with Gasteiger partial charge in [0.1, 0.15) is 0 Å². The zero-order chi connectivity index (χ0) is 44.1. The van der Waals surface area contributed by atoms with Gasteiger partial charge < -0.3 is 0 Å². The molecule has 4 heteroatoms. The second kappa shape index (κ2) is 15.1. The van der Waals surface area contributed by atoms with Gasteiger partial charge in [-0.25, -0.2) is 0 Å². The van der Waals surface area contributed by atoms with Gasteiger partial charge in [0, 0.05) is 51.4 Å². The topological polar surface area (TPSA) is 38.7 Å². The molecular weight excluding hydrogens is 786 g/mol. The molecule has 1 aliphatic rings. The first kappa shape index (κ1) is 39.2. The summed E-state index contributed by atoms with van der Waals surface area (Å²) in [4.78, 5) is 15.2. The lowest BCUT2D eigenvalue weighted by Gasteiger charge is -2.31. The van der Waals surface area contributed by atoms with Gasteiger partial charge in [-0.15, -0.1) is 0 Å². The lowest BCUT2D eigenvalue weighted by atomic mass is 9.33. The molecule has 0 saturated heterocycles. The fraction of sp³-hybridized carbons (Fsp3) is 0.131. The van der Waals surface area contributed by atoms with Crippen LogP contribution in [0.3, 0.4) is 0 Å². The van der Waals surface area contributed by atoms with Gasteiger partial charge in [-0.3, -0.25) is 15.0 Å². The van der Waals surface area contributed by atoms with Crippen molar-refractivity contribution in [2.45, 2.75) is 54.4 Å². The maximum atomic E-state index is 5.09. The van der Waals surface area contributed by atoms with Crippen LogP contribution in [-0.4, -0.2) is 21.7 Å². The lowest BCUT2D eigenvalue weighted by Crippen LogP contribution is -2.57. The predicted octanol–water partition coefficient (Wildman–Crippen LogP) is 13.1. The maximum absolute atomic E-state index is 5.09. The minimum atomic E-state index is 0.0107. The van der Waals surface area contributed by atoms with Crippen molar-refractivity contribution in [2.24, 2.45) is 0 Å². The molecule has 65 heavy (non-hydrogen) atoms. The van der Waals surface area contributed by atoms with E-state index in [1.54, 1.807) is 0 Å². The number of pyridine rings is 3. The molecule has 0 fully saturated rings. The third kappa shape index (κ3) is 6.38. The normalized spacial score (nSPS) is 12.3. The van der Waals surface area contributed by atoms with Crippen LogP contribution in [0.4, 0.5) is 0 Å². The average molecular weight is 834 g/mol. The minimum absolute atomic E-state index is 0.0107. The Balaban J connectivity index is 1.26. The van der Waals surface area contributed by atoms with Gasteiger partial charge in [0.05, 0.1) is 16.6 Å². The Labute approximate surface area is 381 Å². The van der Waals surface area contributed by atoms with Crippen LogP contribution in [0.25, 0.3) is 87.6 Å². The molecule has 0 radical (unpaired) electrons. The van der Waals surface area contributed by atoms with E-state index in [1.807, 2.05) is 0 Å². The molecule has 0 saturated carbocycles. The van der Waals surface area contributed by atoms with Crippen LogP contribution in [0.15, 0.2) is 158 Å². The fourth-order valence-electron chi connectivity index (χ4n) is 11.8. The lowest BCUT2D eigenvalue weighted by molar-refractivity contribution is 0.975. The van der Waals surface area contributed by atoms with E-state index in [4.69, 9.17) is 15.0 Å². The number of fused-ring (bicyclic) bond motifs is 3. The largest absolute Gasteiger partial charge is 0.256 e. The van der Waals surface area contributed by atoms with E-state index < -0.39 is 0 Å². The summed E-state index contributed by atoms with van der Waals surface area (Å²) < 4.78 is 0. The number of hydrogen-bond acceptors (Lipinski definition) is 3. The number of hydrogen-bond donors (Lipinski definition) is 0. The molecule has 0 aliphatic heterocycles. The Kier molecular flexibility index (Phi) is 9.10. The molecule has 0 atom stereocenters. The van der Waals surface area contributed by atoms with E-state index in [1.165, 1.54) is 99.1 Å². The van der Waals surface area contributed by atoms with Gasteiger partial charge in [-0.2, -0.15) is 0 Å². The number of aromatic nitrogens is 3. The van der Waals surface area contributed by atoms with Crippen molar-refractivity contribution < 1.29 is 0 Å². The number of benzene rings is 8. The molecule has 0 spiro atoms. The highest BCUT2D eigenvalue weighted by atomic mass is 14.7. The summed E-state index contributed by atoms with van der Waals surface area (Å²) in [6.07, 6.45) is 8.09. The van der Waals surface area contributed by atoms with Gasteiger partial charge in [-0.1, -0.05) is 147 Å². The zero-order valence-corrected chi connectivity index (χ0v) is 37.8. The molecule has 1 aliphatic carbocycles. The van der Waals surface area contributed by atoms with Crippen molar-refractivity contribution in [3.8, 4) is 33.4 Å². The van der Waals surface area contributed by atoms with Crippen molar-refractivity contribution in [1.29, 1.82) is 0 Å². The highest BCUT2D eigenvalue weighted by molar-refractivity contribution is 6.97. The van der Waals surface area contributed by atoms with Crippen LogP contribution in [0.5, 0.6) is 0 Å². The van der Waals surface area contributed by atoms with Crippen LogP contribution in [0, 0.1) is 41.5 Å².